The van der Waals surface area contributed by atoms with Crippen LogP contribution >= 0.6 is 12.4 Å². The van der Waals surface area contributed by atoms with Gasteiger partial charge in [0.05, 0.1) is 5.41 Å². The lowest BCUT2D eigenvalue weighted by Gasteiger charge is -2.43. The molecule has 3 nitrogen and oxygen atoms in total. The summed E-state index contributed by atoms with van der Waals surface area (Å²) in [5.41, 5.74) is 0.0469. The van der Waals surface area contributed by atoms with Gasteiger partial charge in [-0.1, -0.05) is 0 Å². The standard InChI is InChI=1S/C7H12N2O.ClH/c10-6-7(5-9-6)1-3-8-4-2-7;/h8H,1-5H2,(H,9,10);1H. The molecular weight excluding hydrogens is 164 g/mol. The van der Waals surface area contributed by atoms with Crippen LogP contribution in [0.3, 0.4) is 0 Å². The third-order valence-electron chi connectivity index (χ3n) is 2.63. The molecule has 0 unspecified atom stereocenters. The highest BCUT2D eigenvalue weighted by atomic mass is 35.5. The summed E-state index contributed by atoms with van der Waals surface area (Å²) in [5, 5.41) is 6.05. The van der Waals surface area contributed by atoms with E-state index in [1.54, 1.807) is 0 Å². The van der Waals surface area contributed by atoms with Gasteiger partial charge in [-0.2, -0.15) is 0 Å². The Balaban J connectivity index is 0.000000605. The van der Waals surface area contributed by atoms with E-state index in [4.69, 9.17) is 0 Å². The molecule has 0 aromatic heterocycles. The van der Waals surface area contributed by atoms with Crippen molar-refractivity contribution in [2.75, 3.05) is 19.6 Å². The van der Waals surface area contributed by atoms with E-state index in [0.717, 1.165) is 32.5 Å². The van der Waals surface area contributed by atoms with Crippen molar-refractivity contribution in [3.8, 4) is 0 Å². The minimum atomic E-state index is 0. The first-order valence-corrected chi connectivity index (χ1v) is 3.83. The predicted octanol–water partition coefficient (Wildman–Crippen LogP) is -0.0922. The number of carbonyl (C=O) groups excluding carboxylic acids is 1. The molecule has 2 heterocycles. The van der Waals surface area contributed by atoms with Crippen LogP contribution in [0.25, 0.3) is 0 Å². The minimum absolute atomic E-state index is 0. The van der Waals surface area contributed by atoms with Crippen molar-refractivity contribution in [3.05, 3.63) is 0 Å². The number of amides is 1. The van der Waals surface area contributed by atoms with Crippen molar-refractivity contribution in [1.82, 2.24) is 10.6 Å². The summed E-state index contributed by atoms with van der Waals surface area (Å²) in [6.45, 7) is 2.92. The minimum Gasteiger partial charge on any atom is -0.354 e. The lowest BCUT2D eigenvalue weighted by Crippen LogP contribution is -2.62. The zero-order valence-corrected chi connectivity index (χ0v) is 7.17. The van der Waals surface area contributed by atoms with Gasteiger partial charge >= 0.3 is 0 Å². The lowest BCUT2D eigenvalue weighted by molar-refractivity contribution is -0.141. The summed E-state index contributed by atoms with van der Waals surface area (Å²) in [7, 11) is 0. The Bertz CT molecular complexity index is 166. The Morgan fingerprint density at radius 3 is 2.18 bits per heavy atom. The number of hydrogen-bond donors (Lipinski definition) is 2. The number of rotatable bonds is 0. The second kappa shape index (κ2) is 2.99. The SMILES string of the molecule is Cl.O=C1NCC12CCNCC2. The fourth-order valence-electron chi connectivity index (χ4n) is 1.72. The van der Waals surface area contributed by atoms with E-state index in [2.05, 4.69) is 10.6 Å². The van der Waals surface area contributed by atoms with Gasteiger partial charge < -0.3 is 10.6 Å². The molecule has 2 aliphatic heterocycles. The average molecular weight is 177 g/mol. The van der Waals surface area contributed by atoms with Crippen LogP contribution in [0.15, 0.2) is 0 Å². The summed E-state index contributed by atoms with van der Waals surface area (Å²) in [5.74, 6) is 0.272. The molecule has 0 saturated carbocycles. The van der Waals surface area contributed by atoms with Gasteiger partial charge in [0, 0.05) is 6.54 Å². The van der Waals surface area contributed by atoms with Crippen LogP contribution < -0.4 is 10.6 Å². The van der Waals surface area contributed by atoms with Crippen molar-refractivity contribution >= 4 is 18.3 Å². The Morgan fingerprint density at radius 1 is 1.27 bits per heavy atom. The number of piperidine rings is 1. The molecule has 0 bridgehead atoms. The number of halogens is 1. The maximum atomic E-state index is 11.1. The Kier molecular flexibility index (Phi) is 2.40. The van der Waals surface area contributed by atoms with E-state index in [9.17, 15) is 4.79 Å². The molecule has 11 heavy (non-hydrogen) atoms. The van der Waals surface area contributed by atoms with Gasteiger partial charge in [-0.15, -0.1) is 12.4 Å². The van der Waals surface area contributed by atoms with Crippen LogP contribution in [-0.4, -0.2) is 25.5 Å². The van der Waals surface area contributed by atoms with Gasteiger partial charge in [0.2, 0.25) is 5.91 Å². The van der Waals surface area contributed by atoms with E-state index in [-0.39, 0.29) is 23.7 Å². The molecule has 0 aromatic rings. The summed E-state index contributed by atoms with van der Waals surface area (Å²) in [6, 6.07) is 0. The first-order valence-electron chi connectivity index (χ1n) is 3.83. The first-order chi connectivity index (χ1) is 4.83. The fourth-order valence-corrected chi connectivity index (χ4v) is 1.72. The summed E-state index contributed by atoms with van der Waals surface area (Å²) in [6.07, 6.45) is 2.05. The normalized spacial score (nSPS) is 26.7. The van der Waals surface area contributed by atoms with Gasteiger partial charge in [-0.3, -0.25) is 4.79 Å². The van der Waals surface area contributed by atoms with E-state index in [1.807, 2.05) is 0 Å². The second-order valence-electron chi connectivity index (χ2n) is 3.21. The highest BCUT2D eigenvalue weighted by Crippen LogP contribution is 2.33. The molecule has 0 atom stereocenters. The molecule has 2 aliphatic rings. The van der Waals surface area contributed by atoms with Crippen LogP contribution in [0.1, 0.15) is 12.8 Å². The Hall–Kier alpha value is -0.280. The molecule has 2 rings (SSSR count). The van der Waals surface area contributed by atoms with Crippen molar-refractivity contribution in [3.63, 3.8) is 0 Å². The zero-order chi connectivity index (χ0) is 7.03. The molecular formula is C7H13ClN2O. The van der Waals surface area contributed by atoms with Crippen LogP contribution in [0.4, 0.5) is 0 Å². The maximum absolute atomic E-state index is 11.1. The quantitative estimate of drug-likeness (QED) is 0.507. The van der Waals surface area contributed by atoms with Crippen molar-refractivity contribution in [2.24, 2.45) is 5.41 Å². The third-order valence-corrected chi connectivity index (χ3v) is 2.63. The van der Waals surface area contributed by atoms with Crippen LogP contribution in [0.2, 0.25) is 0 Å². The van der Waals surface area contributed by atoms with Crippen molar-refractivity contribution in [2.45, 2.75) is 12.8 Å². The molecule has 64 valence electrons. The van der Waals surface area contributed by atoms with Gasteiger partial charge in [0.25, 0.3) is 0 Å². The third kappa shape index (κ3) is 1.23. The van der Waals surface area contributed by atoms with Gasteiger partial charge in [0.15, 0.2) is 0 Å². The number of β-lactam (4-membered cyclic amide) rings is 1. The number of nitrogens with one attached hydrogen (secondary N) is 2. The molecule has 2 N–H and O–H groups in total. The maximum Gasteiger partial charge on any atom is 0.228 e. The van der Waals surface area contributed by atoms with Crippen molar-refractivity contribution < 1.29 is 4.79 Å². The Morgan fingerprint density at radius 2 is 1.91 bits per heavy atom. The average Bonchev–Trinajstić information content (AvgIpc) is 2.04. The predicted molar refractivity (Wildman–Crippen MR) is 44.8 cm³/mol. The zero-order valence-electron chi connectivity index (χ0n) is 6.35. The van der Waals surface area contributed by atoms with E-state index >= 15 is 0 Å². The lowest BCUT2D eigenvalue weighted by atomic mass is 9.73. The topological polar surface area (TPSA) is 41.1 Å². The van der Waals surface area contributed by atoms with E-state index < -0.39 is 0 Å². The van der Waals surface area contributed by atoms with Gasteiger partial charge in [0.1, 0.15) is 0 Å². The molecule has 0 aliphatic carbocycles. The molecule has 0 radical (unpaired) electrons. The summed E-state index contributed by atoms with van der Waals surface area (Å²) < 4.78 is 0. The highest BCUT2D eigenvalue weighted by molar-refractivity contribution is 5.88. The largest absolute Gasteiger partial charge is 0.354 e. The van der Waals surface area contributed by atoms with Crippen LogP contribution in [-0.2, 0) is 4.79 Å². The van der Waals surface area contributed by atoms with E-state index in [1.165, 1.54) is 0 Å². The smallest absolute Gasteiger partial charge is 0.228 e. The first kappa shape index (κ1) is 8.81. The summed E-state index contributed by atoms with van der Waals surface area (Å²) in [4.78, 5) is 11.1. The van der Waals surface area contributed by atoms with Gasteiger partial charge in [-0.05, 0) is 25.9 Å². The fraction of sp³-hybridized carbons (Fsp3) is 0.857. The number of hydrogen-bond acceptors (Lipinski definition) is 2. The Labute approximate surface area is 72.3 Å². The molecule has 1 spiro atoms. The molecule has 4 heteroatoms. The van der Waals surface area contributed by atoms with Crippen molar-refractivity contribution in [1.29, 1.82) is 0 Å². The highest BCUT2D eigenvalue weighted by Gasteiger charge is 2.46. The van der Waals surface area contributed by atoms with Gasteiger partial charge in [-0.25, -0.2) is 0 Å². The van der Waals surface area contributed by atoms with Crippen LogP contribution in [0.5, 0.6) is 0 Å². The molecule has 0 aromatic carbocycles. The van der Waals surface area contributed by atoms with E-state index in [0.29, 0.717) is 0 Å². The molecule has 2 saturated heterocycles. The second-order valence-corrected chi connectivity index (χ2v) is 3.21. The monoisotopic (exact) mass is 176 g/mol. The van der Waals surface area contributed by atoms with Crippen LogP contribution in [0, 0.1) is 5.41 Å². The molecule has 1 amide bonds. The number of carbonyl (C=O) groups is 1. The summed E-state index contributed by atoms with van der Waals surface area (Å²) >= 11 is 0. The molecule has 2 fully saturated rings.